The summed E-state index contributed by atoms with van der Waals surface area (Å²) in [5, 5.41) is 4.90. The predicted molar refractivity (Wildman–Crippen MR) is 86.3 cm³/mol. The molecule has 0 aliphatic carbocycles. The number of nitrogens with one attached hydrogen (secondary N) is 1. The largest absolute Gasteiger partial charge is 0.375 e. The van der Waals surface area contributed by atoms with E-state index in [1.165, 1.54) is 17.4 Å². The Labute approximate surface area is 134 Å². The van der Waals surface area contributed by atoms with Gasteiger partial charge in [0.25, 0.3) is 5.91 Å². The van der Waals surface area contributed by atoms with Crippen molar-refractivity contribution in [1.29, 1.82) is 0 Å². The van der Waals surface area contributed by atoms with E-state index >= 15 is 0 Å². The normalized spacial score (nSPS) is 10.5. The van der Waals surface area contributed by atoms with Crippen LogP contribution in [0.25, 0.3) is 11.3 Å². The Kier molecular flexibility index (Phi) is 4.03. The van der Waals surface area contributed by atoms with Crippen LogP contribution in [-0.2, 0) is 0 Å². The highest BCUT2D eigenvalue weighted by Crippen LogP contribution is 2.25. The van der Waals surface area contributed by atoms with Gasteiger partial charge in [-0.05, 0) is 30.3 Å². The maximum atomic E-state index is 13.2. The molecule has 0 saturated carbocycles. The van der Waals surface area contributed by atoms with Crippen molar-refractivity contribution >= 4 is 28.1 Å². The van der Waals surface area contributed by atoms with Crippen molar-refractivity contribution in [3.8, 4) is 11.3 Å². The van der Waals surface area contributed by atoms with Gasteiger partial charge in [0.1, 0.15) is 0 Å². The van der Waals surface area contributed by atoms with E-state index in [1.807, 2.05) is 11.4 Å². The zero-order valence-electron chi connectivity index (χ0n) is 11.7. The van der Waals surface area contributed by atoms with Crippen LogP contribution in [0.3, 0.4) is 0 Å². The number of amides is 1. The Hall–Kier alpha value is -2.80. The molecule has 7 heteroatoms. The van der Waals surface area contributed by atoms with Crippen molar-refractivity contribution in [2.75, 3.05) is 11.1 Å². The maximum Gasteiger partial charge on any atom is 0.255 e. The number of nitrogens with zero attached hydrogens (tertiary/aromatic N) is 1. The van der Waals surface area contributed by atoms with Crippen molar-refractivity contribution in [1.82, 2.24) is 4.98 Å². The van der Waals surface area contributed by atoms with Gasteiger partial charge in [0.05, 0.1) is 5.69 Å². The van der Waals surface area contributed by atoms with Gasteiger partial charge in [0.15, 0.2) is 16.8 Å². The first kappa shape index (κ1) is 15.1. The number of halogens is 2. The van der Waals surface area contributed by atoms with E-state index < -0.39 is 17.5 Å². The Balaban J connectivity index is 1.82. The van der Waals surface area contributed by atoms with Gasteiger partial charge in [-0.1, -0.05) is 12.1 Å². The fourth-order valence-corrected chi connectivity index (χ4v) is 2.59. The number of benzene rings is 2. The van der Waals surface area contributed by atoms with Crippen molar-refractivity contribution in [2.45, 2.75) is 0 Å². The van der Waals surface area contributed by atoms with Gasteiger partial charge < -0.3 is 11.1 Å². The first-order chi connectivity index (χ1) is 11.0. The monoisotopic (exact) mass is 331 g/mol. The van der Waals surface area contributed by atoms with Gasteiger partial charge in [-0.2, -0.15) is 0 Å². The van der Waals surface area contributed by atoms with Crippen molar-refractivity contribution in [3.05, 3.63) is 65.0 Å². The average Bonchev–Trinajstić information content (AvgIpc) is 2.97. The van der Waals surface area contributed by atoms with E-state index in [0.29, 0.717) is 16.5 Å². The summed E-state index contributed by atoms with van der Waals surface area (Å²) in [6, 6.07) is 10.0. The number of aromatic nitrogens is 1. The van der Waals surface area contributed by atoms with Crippen molar-refractivity contribution < 1.29 is 13.6 Å². The van der Waals surface area contributed by atoms with Crippen LogP contribution in [0.5, 0.6) is 0 Å². The third-order valence-electron chi connectivity index (χ3n) is 3.12. The fraction of sp³-hybridized carbons (Fsp3) is 0. The predicted octanol–water partition coefficient (Wildman–Crippen LogP) is 3.92. The highest BCUT2D eigenvalue weighted by Gasteiger charge is 2.11. The van der Waals surface area contributed by atoms with E-state index in [4.69, 9.17) is 5.73 Å². The lowest BCUT2D eigenvalue weighted by molar-refractivity contribution is 0.102. The molecule has 0 spiro atoms. The summed E-state index contributed by atoms with van der Waals surface area (Å²) in [5.41, 5.74) is 7.66. The smallest absolute Gasteiger partial charge is 0.255 e. The van der Waals surface area contributed by atoms with Crippen LogP contribution in [-0.4, -0.2) is 10.9 Å². The number of anilines is 2. The molecule has 3 N–H and O–H groups in total. The second-order valence-electron chi connectivity index (χ2n) is 4.73. The molecule has 4 nitrogen and oxygen atoms in total. The first-order valence-electron chi connectivity index (χ1n) is 6.61. The number of rotatable bonds is 3. The SMILES string of the molecule is Nc1nc(-c2cccc(NC(=O)c3ccc(F)c(F)c3)c2)cs1. The zero-order valence-corrected chi connectivity index (χ0v) is 12.5. The minimum absolute atomic E-state index is 0.0344. The molecule has 23 heavy (non-hydrogen) atoms. The molecule has 1 aromatic heterocycles. The molecule has 0 atom stereocenters. The van der Waals surface area contributed by atoms with Crippen molar-refractivity contribution in [3.63, 3.8) is 0 Å². The molecule has 1 heterocycles. The molecule has 0 radical (unpaired) electrons. The molecule has 0 aliphatic heterocycles. The van der Waals surface area contributed by atoms with Crippen molar-refractivity contribution in [2.24, 2.45) is 0 Å². The van der Waals surface area contributed by atoms with Crippen LogP contribution in [0.2, 0.25) is 0 Å². The Morgan fingerprint density at radius 3 is 2.65 bits per heavy atom. The average molecular weight is 331 g/mol. The summed E-state index contributed by atoms with van der Waals surface area (Å²) >= 11 is 1.32. The number of thiazole rings is 1. The Bertz CT molecular complexity index is 879. The third kappa shape index (κ3) is 3.35. The topological polar surface area (TPSA) is 68.0 Å². The van der Waals surface area contributed by atoms with E-state index in [2.05, 4.69) is 10.3 Å². The standard InChI is InChI=1S/C16H11F2N3OS/c17-12-5-4-10(7-13(12)18)15(22)20-11-3-1-2-9(6-11)14-8-23-16(19)21-14/h1-8H,(H2,19,21)(H,20,22). The molecule has 0 aliphatic rings. The molecule has 0 fully saturated rings. The molecule has 1 amide bonds. The van der Waals surface area contributed by atoms with Gasteiger partial charge in [-0.25, -0.2) is 13.8 Å². The number of carbonyl (C=O) groups is 1. The molecular weight excluding hydrogens is 320 g/mol. The minimum atomic E-state index is -1.07. The van der Waals surface area contributed by atoms with Crippen LogP contribution < -0.4 is 11.1 Å². The van der Waals surface area contributed by atoms with Crippen LogP contribution in [0, 0.1) is 11.6 Å². The number of hydrogen-bond donors (Lipinski definition) is 2. The number of hydrogen-bond acceptors (Lipinski definition) is 4. The minimum Gasteiger partial charge on any atom is -0.375 e. The quantitative estimate of drug-likeness (QED) is 0.764. The molecule has 0 saturated heterocycles. The van der Waals surface area contributed by atoms with E-state index in [-0.39, 0.29) is 5.56 Å². The third-order valence-corrected chi connectivity index (χ3v) is 3.79. The second-order valence-corrected chi connectivity index (χ2v) is 5.62. The number of nitrogen functional groups attached to an aromatic ring is 1. The van der Waals surface area contributed by atoms with Gasteiger partial charge in [-0.15, -0.1) is 11.3 Å². The van der Waals surface area contributed by atoms with E-state index in [0.717, 1.165) is 17.7 Å². The summed E-state index contributed by atoms with van der Waals surface area (Å²) in [6.45, 7) is 0. The Morgan fingerprint density at radius 1 is 1.13 bits per heavy atom. The van der Waals surface area contributed by atoms with Crippen LogP contribution in [0.15, 0.2) is 47.8 Å². The number of carbonyl (C=O) groups excluding carboxylic acids is 1. The summed E-state index contributed by atoms with van der Waals surface area (Å²) < 4.78 is 26.1. The molecule has 0 bridgehead atoms. The lowest BCUT2D eigenvalue weighted by Crippen LogP contribution is -2.12. The highest BCUT2D eigenvalue weighted by atomic mass is 32.1. The molecule has 116 valence electrons. The lowest BCUT2D eigenvalue weighted by atomic mass is 10.1. The summed E-state index contributed by atoms with van der Waals surface area (Å²) in [7, 11) is 0. The molecule has 2 aromatic carbocycles. The highest BCUT2D eigenvalue weighted by molar-refractivity contribution is 7.13. The Morgan fingerprint density at radius 2 is 1.96 bits per heavy atom. The maximum absolute atomic E-state index is 13.2. The molecular formula is C16H11F2N3OS. The number of nitrogens with two attached hydrogens (primary N) is 1. The van der Waals surface area contributed by atoms with Crippen LogP contribution >= 0.6 is 11.3 Å². The molecule has 3 rings (SSSR count). The van der Waals surface area contributed by atoms with Crippen LogP contribution in [0.4, 0.5) is 19.6 Å². The van der Waals surface area contributed by atoms with Gasteiger partial charge in [0.2, 0.25) is 0 Å². The molecule has 3 aromatic rings. The van der Waals surface area contributed by atoms with E-state index in [1.54, 1.807) is 18.2 Å². The van der Waals surface area contributed by atoms with Gasteiger partial charge in [-0.3, -0.25) is 4.79 Å². The second kappa shape index (κ2) is 6.13. The van der Waals surface area contributed by atoms with Gasteiger partial charge >= 0.3 is 0 Å². The summed E-state index contributed by atoms with van der Waals surface area (Å²) in [6.07, 6.45) is 0. The van der Waals surface area contributed by atoms with Crippen LogP contribution in [0.1, 0.15) is 10.4 Å². The first-order valence-corrected chi connectivity index (χ1v) is 7.49. The summed E-state index contributed by atoms with van der Waals surface area (Å²) in [4.78, 5) is 16.3. The van der Waals surface area contributed by atoms with Gasteiger partial charge in [0, 0.05) is 22.2 Å². The fourth-order valence-electron chi connectivity index (χ4n) is 2.02. The lowest BCUT2D eigenvalue weighted by Gasteiger charge is -2.07. The molecule has 0 unspecified atom stereocenters. The summed E-state index contributed by atoms with van der Waals surface area (Å²) in [5.74, 6) is -2.59. The van der Waals surface area contributed by atoms with E-state index in [9.17, 15) is 13.6 Å². The zero-order chi connectivity index (χ0) is 16.4.